The van der Waals surface area contributed by atoms with Gasteiger partial charge in [-0.05, 0) is 19.1 Å². The molecule has 0 radical (unpaired) electrons. The van der Waals surface area contributed by atoms with Crippen LogP contribution in [0.5, 0.6) is 11.5 Å². The van der Waals surface area contributed by atoms with Crippen LogP contribution in [-0.2, 0) is 19.4 Å². The first kappa shape index (κ1) is 19.5. The number of aromatic hydroxyl groups is 2. The molecule has 3 rings (SSSR count). The molecule has 0 saturated carbocycles. The molecule has 4 N–H and O–H groups in total. The summed E-state index contributed by atoms with van der Waals surface area (Å²) in [6.45, 7) is 1.05. The smallest absolute Gasteiger partial charge is 0.328 e. The lowest BCUT2D eigenvalue weighted by atomic mass is 9.97. The first-order chi connectivity index (χ1) is 12.9. The third kappa shape index (κ3) is 2.50. The van der Waals surface area contributed by atoms with Crippen molar-refractivity contribution >= 4 is 33.8 Å². The van der Waals surface area contributed by atoms with Crippen molar-refractivity contribution in [3.63, 3.8) is 0 Å². The van der Waals surface area contributed by atoms with Crippen LogP contribution in [-0.4, -0.2) is 68.8 Å². The molecule has 1 aromatic carbocycles. The van der Waals surface area contributed by atoms with E-state index in [4.69, 9.17) is 5.11 Å². The average molecular weight is 415 g/mol. The van der Waals surface area contributed by atoms with Gasteiger partial charge in [0.15, 0.2) is 33.2 Å². The van der Waals surface area contributed by atoms with Crippen molar-refractivity contribution in [3.05, 3.63) is 23.5 Å². The lowest BCUT2D eigenvalue weighted by Crippen LogP contribution is -2.57. The van der Waals surface area contributed by atoms with Crippen molar-refractivity contribution < 1.29 is 42.5 Å². The first-order valence-electron chi connectivity index (χ1n) is 7.76. The predicted molar refractivity (Wildman–Crippen MR) is 89.7 cm³/mol. The number of sulfone groups is 1. The molecule has 0 bridgehead atoms. The SMILES string of the molecule is C[C@]1(/C=N/NC(=O)c2ccc(O)c(O)c2F)[C@H](C(=O)O)N2C(=O)C[C@H]2S1(=O)=O. The molecule has 0 unspecified atom stereocenters. The third-order valence-corrected chi connectivity index (χ3v) is 7.47. The zero-order valence-corrected chi connectivity index (χ0v) is 15.0. The lowest BCUT2D eigenvalue weighted by Gasteiger charge is -2.35. The van der Waals surface area contributed by atoms with Crippen LogP contribution in [0.15, 0.2) is 17.2 Å². The van der Waals surface area contributed by atoms with E-state index in [0.29, 0.717) is 6.21 Å². The predicted octanol–water partition coefficient (Wildman–Crippen LogP) is -0.849. The van der Waals surface area contributed by atoms with Gasteiger partial charge < -0.3 is 20.2 Å². The van der Waals surface area contributed by atoms with Gasteiger partial charge in [-0.15, -0.1) is 0 Å². The Hall–Kier alpha value is -3.22. The molecule has 2 saturated heterocycles. The second-order valence-electron chi connectivity index (χ2n) is 6.42. The standard InChI is InChI=1S/C15H14FN3O8S/c1-15(12(14(24)25)19-8(21)4-9(19)28(15,26)27)5-17-18-13(23)6-2-3-7(20)11(22)10(6)16/h2-3,5,9,12,20,22H,4H2,1H3,(H,18,23)(H,24,25)/b17-5+/t9-,12+,15+/m1/s1. The van der Waals surface area contributed by atoms with E-state index in [9.17, 15) is 37.4 Å². The zero-order chi connectivity index (χ0) is 21.0. The molecule has 2 amide bonds. The number of carbonyl (C=O) groups is 3. The van der Waals surface area contributed by atoms with E-state index in [-0.39, 0.29) is 6.42 Å². The molecule has 2 aliphatic heterocycles. The van der Waals surface area contributed by atoms with Crippen LogP contribution < -0.4 is 5.43 Å². The van der Waals surface area contributed by atoms with E-state index in [2.05, 4.69) is 5.10 Å². The minimum atomic E-state index is -4.16. The Balaban J connectivity index is 1.88. The molecule has 0 aromatic heterocycles. The van der Waals surface area contributed by atoms with Crippen LogP contribution in [0.25, 0.3) is 0 Å². The van der Waals surface area contributed by atoms with Crippen LogP contribution in [0, 0.1) is 5.82 Å². The number of nitrogens with zero attached hydrogens (tertiary/aromatic N) is 2. The summed E-state index contributed by atoms with van der Waals surface area (Å²) < 4.78 is 37.0. The van der Waals surface area contributed by atoms with Crippen LogP contribution in [0.4, 0.5) is 4.39 Å². The van der Waals surface area contributed by atoms with E-state index >= 15 is 0 Å². The van der Waals surface area contributed by atoms with Crippen molar-refractivity contribution in [1.82, 2.24) is 10.3 Å². The van der Waals surface area contributed by atoms with Crippen molar-refractivity contribution in [2.75, 3.05) is 0 Å². The lowest BCUT2D eigenvalue weighted by molar-refractivity contribution is -0.156. The number of phenolic OH excluding ortho intramolecular Hbond substituents is 2. The molecule has 2 aliphatic rings. The summed E-state index contributed by atoms with van der Waals surface area (Å²) in [6.07, 6.45) is 0.322. The third-order valence-electron chi connectivity index (χ3n) is 4.80. The van der Waals surface area contributed by atoms with Gasteiger partial charge in [-0.2, -0.15) is 5.10 Å². The Morgan fingerprint density at radius 3 is 2.61 bits per heavy atom. The number of hydrazone groups is 1. The average Bonchev–Trinajstić information content (AvgIpc) is 2.74. The van der Waals surface area contributed by atoms with Gasteiger partial charge >= 0.3 is 5.97 Å². The number of aliphatic carboxylic acids is 1. The van der Waals surface area contributed by atoms with Crippen molar-refractivity contribution in [2.45, 2.75) is 29.5 Å². The van der Waals surface area contributed by atoms with Crippen molar-refractivity contribution in [3.8, 4) is 11.5 Å². The van der Waals surface area contributed by atoms with Gasteiger partial charge in [-0.25, -0.2) is 23.0 Å². The second kappa shape index (κ2) is 6.15. The number of hydrogen-bond acceptors (Lipinski definition) is 8. The highest BCUT2D eigenvalue weighted by Crippen LogP contribution is 2.45. The van der Waals surface area contributed by atoms with Crippen molar-refractivity contribution in [2.24, 2.45) is 5.10 Å². The molecule has 3 atom stereocenters. The summed E-state index contributed by atoms with van der Waals surface area (Å²) in [7, 11) is -4.16. The quantitative estimate of drug-likeness (QED) is 0.213. The molecular formula is C15H14FN3O8S. The number of halogens is 1. The van der Waals surface area contributed by atoms with Gasteiger partial charge in [0, 0.05) is 6.21 Å². The van der Waals surface area contributed by atoms with Crippen LogP contribution >= 0.6 is 0 Å². The molecule has 11 nitrogen and oxygen atoms in total. The summed E-state index contributed by atoms with van der Waals surface area (Å²) in [5.41, 5.74) is 1.14. The van der Waals surface area contributed by atoms with Gasteiger partial charge in [0.2, 0.25) is 5.91 Å². The number of carbonyl (C=O) groups excluding carboxylic acids is 2. The molecule has 13 heteroatoms. The molecule has 150 valence electrons. The van der Waals surface area contributed by atoms with Crippen LogP contribution in [0.2, 0.25) is 0 Å². The highest BCUT2D eigenvalue weighted by atomic mass is 32.2. The number of benzene rings is 1. The molecule has 2 heterocycles. The number of carboxylic acid groups (broad SMARTS) is 1. The molecule has 1 aromatic rings. The molecule has 0 aliphatic carbocycles. The topological polar surface area (TPSA) is 174 Å². The molecule has 28 heavy (non-hydrogen) atoms. The fraction of sp³-hybridized carbons (Fsp3) is 0.333. The number of amides is 2. The first-order valence-corrected chi connectivity index (χ1v) is 9.30. The zero-order valence-electron chi connectivity index (χ0n) is 14.2. The highest BCUT2D eigenvalue weighted by molar-refractivity contribution is 7.94. The minimum Gasteiger partial charge on any atom is -0.504 e. The van der Waals surface area contributed by atoms with Crippen LogP contribution in [0.3, 0.4) is 0 Å². The number of phenols is 2. The van der Waals surface area contributed by atoms with E-state index in [0.717, 1.165) is 24.0 Å². The largest absolute Gasteiger partial charge is 0.504 e. The van der Waals surface area contributed by atoms with Crippen LogP contribution in [0.1, 0.15) is 23.7 Å². The van der Waals surface area contributed by atoms with Gasteiger partial charge in [0.1, 0.15) is 10.1 Å². The fourth-order valence-electron chi connectivity index (χ4n) is 3.21. The Morgan fingerprint density at radius 1 is 1.39 bits per heavy atom. The maximum atomic E-state index is 13.8. The van der Waals surface area contributed by atoms with Crippen molar-refractivity contribution in [1.29, 1.82) is 0 Å². The Morgan fingerprint density at radius 2 is 2.04 bits per heavy atom. The number of β-lactam (4-membered cyclic amide) rings is 1. The fourth-order valence-corrected chi connectivity index (χ4v) is 5.42. The van der Waals surface area contributed by atoms with E-state index in [1.54, 1.807) is 0 Å². The molecule has 2 fully saturated rings. The summed E-state index contributed by atoms with van der Waals surface area (Å²) in [5.74, 6) is -6.76. The summed E-state index contributed by atoms with van der Waals surface area (Å²) in [6, 6.07) is -0.0241. The van der Waals surface area contributed by atoms with Gasteiger partial charge in [0.05, 0.1) is 12.0 Å². The Bertz CT molecular complexity index is 1040. The monoisotopic (exact) mass is 415 g/mol. The number of rotatable bonds is 4. The van der Waals surface area contributed by atoms with E-state index in [1.165, 1.54) is 0 Å². The number of nitrogens with one attached hydrogen (secondary N) is 1. The number of carboxylic acids is 1. The second-order valence-corrected chi connectivity index (χ2v) is 8.94. The van der Waals surface area contributed by atoms with Gasteiger partial charge in [-0.1, -0.05) is 0 Å². The molecule has 0 spiro atoms. The minimum absolute atomic E-state index is 0.347. The number of fused-ring (bicyclic) bond motifs is 1. The summed E-state index contributed by atoms with van der Waals surface area (Å²) in [4.78, 5) is 36.0. The summed E-state index contributed by atoms with van der Waals surface area (Å²) >= 11 is 0. The maximum Gasteiger partial charge on any atom is 0.328 e. The maximum absolute atomic E-state index is 13.8. The van der Waals surface area contributed by atoms with E-state index in [1.807, 2.05) is 5.43 Å². The highest BCUT2D eigenvalue weighted by Gasteiger charge is 2.69. The van der Waals surface area contributed by atoms with Gasteiger partial charge in [-0.3, -0.25) is 9.59 Å². The normalized spacial score (nSPS) is 28.1. The Labute approximate surface area is 157 Å². The van der Waals surface area contributed by atoms with Gasteiger partial charge in [0.25, 0.3) is 5.91 Å². The molecular weight excluding hydrogens is 401 g/mol. The Kier molecular flexibility index (Phi) is 4.29. The number of hydrogen-bond donors (Lipinski definition) is 4. The van der Waals surface area contributed by atoms with E-state index < -0.39 is 66.7 Å². The summed E-state index contributed by atoms with van der Waals surface area (Å²) in [5, 5.41) is 30.0.